The molecule has 0 fully saturated rings. The van der Waals surface area contributed by atoms with E-state index in [1.807, 2.05) is 24.5 Å². The van der Waals surface area contributed by atoms with Gasteiger partial charge in [-0.1, -0.05) is 89.2 Å². The average molecular weight is 583 g/mol. The summed E-state index contributed by atoms with van der Waals surface area (Å²) in [4.78, 5) is 9.67. The van der Waals surface area contributed by atoms with E-state index in [1.54, 1.807) is 0 Å². The van der Waals surface area contributed by atoms with Crippen molar-refractivity contribution in [1.29, 1.82) is 0 Å². The van der Waals surface area contributed by atoms with Crippen LogP contribution in [0.2, 0.25) is 0 Å². The van der Waals surface area contributed by atoms with Gasteiger partial charge in [0.05, 0.1) is 27.8 Å². The van der Waals surface area contributed by atoms with Gasteiger partial charge in [-0.15, -0.1) is 0 Å². The molecule has 0 saturated heterocycles. The fraction of sp³-hybridized carbons (Fsp3) is 0.171. The average Bonchev–Trinajstić information content (AvgIpc) is 3.56. The maximum Gasteiger partial charge on any atom is 0.141 e. The molecular weight excluding hydrogens is 548 g/mol. The lowest BCUT2D eigenvalue weighted by atomic mass is 9.73. The Balaban J connectivity index is 1.40. The molecule has 45 heavy (non-hydrogen) atoms. The van der Waals surface area contributed by atoms with E-state index in [-0.39, 0.29) is 10.8 Å². The van der Waals surface area contributed by atoms with Crippen LogP contribution in [0.25, 0.3) is 66.4 Å². The zero-order chi connectivity index (χ0) is 30.7. The summed E-state index contributed by atoms with van der Waals surface area (Å²) in [6.45, 7) is 11.6. The van der Waals surface area contributed by atoms with Crippen LogP contribution in [-0.2, 0) is 10.8 Å². The largest absolute Gasteiger partial charge is 0.309 e. The van der Waals surface area contributed by atoms with Crippen molar-refractivity contribution in [3.8, 4) is 22.8 Å². The van der Waals surface area contributed by atoms with Gasteiger partial charge in [0, 0.05) is 56.2 Å². The Hall–Kier alpha value is -5.22. The molecule has 1 aliphatic heterocycles. The normalized spacial score (nSPS) is 14.1. The number of benzene rings is 4. The molecule has 0 bridgehead atoms. The predicted octanol–water partition coefficient (Wildman–Crippen LogP) is 10.3. The lowest BCUT2D eigenvalue weighted by Gasteiger charge is -2.35. The molecule has 0 unspecified atom stereocenters. The monoisotopic (exact) mass is 582 g/mol. The number of hydrogen-bond acceptors (Lipinski definition) is 2. The minimum atomic E-state index is -0.176. The van der Waals surface area contributed by atoms with Gasteiger partial charge >= 0.3 is 0 Å². The number of hydrogen-bond donors (Lipinski definition) is 0. The fourth-order valence-corrected chi connectivity index (χ4v) is 7.55. The first kappa shape index (κ1) is 26.2. The number of pyridine rings is 2. The first-order valence-electron chi connectivity index (χ1n) is 15.8. The van der Waals surface area contributed by atoms with E-state index < -0.39 is 0 Å². The van der Waals surface area contributed by atoms with Gasteiger partial charge in [-0.3, -0.25) is 9.55 Å². The molecule has 9 rings (SSSR count). The molecule has 0 N–H and O–H groups in total. The molecule has 0 spiro atoms. The summed E-state index contributed by atoms with van der Waals surface area (Å²) in [6, 6.07) is 37.7. The minimum Gasteiger partial charge on any atom is -0.309 e. The van der Waals surface area contributed by atoms with E-state index in [9.17, 15) is 0 Å². The second-order valence-electron chi connectivity index (χ2n) is 14.0. The van der Waals surface area contributed by atoms with Gasteiger partial charge in [-0.05, 0) is 65.1 Å². The van der Waals surface area contributed by atoms with Crippen molar-refractivity contribution >= 4 is 43.6 Å². The van der Waals surface area contributed by atoms with Gasteiger partial charge in [0.2, 0.25) is 0 Å². The Morgan fingerprint density at radius 3 is 2.13 bits per heavy atom. The van der Waals surface area contributed by atoms with E-state index in [0.29, 0.717) is 0 Å². The lowest BCUT2D eigenvalue weighted by molar-refractivity contribution is 0.581. The number of nitrogens with zero attached hydrogens (tertiary/aromatic N) is 4. The quantitative estimate of drug-likeness (QED) is 0.203. The number of aromatic nitrogens is 4. The van der Waals surface area contributed by atoms with Gasteiger partial charge in [0.1, 0.15) is 5.82 Å². The standard InChI is InChI=1S/C41H34N4/c1-40(2,3)26-22-31-30-18-16-27(24-37(30)45-38(31)33(23-26)41(4,5)32-12-10-20-43-39(32)45)44-35-14-7-6-11-28(35)29-17-15-25(21-36(29)44)34-13-8-9-19-42-34/h6-24H,1-5H3. The van der Waals surface area contributed by atoms with E-state index in [0.717, 1.165) is 22.8 Å². The first-order chi connectivity index (χ1) is 21.7. The van der Waals surface area contributed by atoms with Crippen LogP contribution >= 0.6 is 0 Å². The Kier molecular flexibility index (Phi) is 5.19. The van der Waals surface area contributed by atoms with Crippen LogP contribution in [0.3, 0.4) is 0 Å². The summed E-state index contributed by atoms with van der Waals surface area (Å²) in [5, 5.41) is 5.03. The second-order valence-corrected chi connectivity index (χ2v) is 14.0. The summed E-state index contributed by atoms with van der Waals surface area (Å²) >= 11 is 0. The molecule has 4 aromatic carbocycles. The minimum absolute atomic E-state index is 0.0264. The van der Waals surface area contributed by atoms with Crippen molar-refractivity contribution < 1.29 is 0 Å². The van der Waals surface area contributed by atoms with E-state index in [1.165, 1.54) is 60.3 Å². The highest BCUT2D eigenvalue weighted by molar-refractivity contribution is 6.13. The Labute approximate surface area is 262 Å². The van der Waals surface area contributed by atoms with Crippen LogP contribution in [0.4, 0.5) is 0 Å². The van der Waals surface area contributed by atoms with Gasteiger partial charge in [-0.25, -0.2) is 4.98 Å². The van der Waals surface area contributed by atoms with Crippen LogP contribution in [0.1, 0.15) is 51.3 Å². The summed E-state index contributed by atoms with van der Waals surface area (Å²) in [5.41, 5.74) is 11.8. The predicted molar refractivity (Wildman–Crippen MR) is 187 cm³/mol. The van der Waals surface area contributed by atoms with Gasteiger partial charge in [0.25, 0.3) is 0 Å². The zero-order valence-corrected chi connectivity index (χ0v) is 26.3. The molecule has 0 amide bonds. The number of fused-ring (bicyclic) bond motifs is 8. The van der Waals surface area contributed by atoms with E-state index >= 15 is 0 Å². The van der Waals surface area contributed by atoms with Crippen molar-refractivity contribution in [2.75, 3.05) is 0 Å². The third kappa shape index (κ3) is 3.60. The van der Waals surface area contributed by atoms with Gasteiger partial charge < -0.3 is 4.57 Å². The highest BCUT2D eigenvalue weighted by atomic mass is 15.1. The van der Waals surface area contributed by atoms with Crippen molar-refractivity contribution in [3.63, 3.8) is 0 Å². The molecule has 218 valence electrons. The van der Waals surface area contributed by atoms with Crippen LogP contribution < -0.4 is 0 Å². The summed E-state index contributed by atoms with van der Waals surface area (Å²) in [6.07, 6.45) is 3.79. The highest BCUT2D eigenvalue weighted by Gasteiger charge is 2.37. The zero-order valence-electron chi connectivity index (χ0n) is 26.3. The Morgan fingerprint density at radius 1 is 0.578 bits per heavy atom. The Bertz CT molecular complexity index is 2490. The number of rotatable bonds is 2. The third-order valence-electron chi connectivity index (χ3n) is 9.95. The molecule has 4 heteroatoms. The van der Waals surface area contributed by atoms with Crippen LogP contribution in [0.15, 0.2) is 116 Å². The first-order valence-corrected chi connectivity index (χ1v) is 15.8. The lowest BCUT2D eigenvalue weighted by Crippen LogP contribution is -2.28. The molecule has 8 aromatic rings. The smallest absolute Gasteiger partial charge is 0.141 e. The van der Waals surface area contributed by atoms with Crippen molar-refractivity contribution in [1.82, 2.24) is 19.1 Å². The van der Waals surface area contributed by atoms with E-state index in [2.05, 4.69) is 140 Å². The summed E-state index contributed by atoms with van der Waals surface area (Å²) < 4.78 is 4.83. The second kappa shape index (κ2) is 8.92. The SMILES string of the molecule is CC(C)(C)c1cc2c3c(c1)c1ccc(-n4c5ccccc5c5ccc(-c6ccccn6)cc54)cc1n3-c1ncccc1C2(C)C. The fourth-order valence-electron chi connectivity index (χ4n) is 7.55. The van der Waals surface area contributed by atoms with Crippen LogP contribution in [0, 0.1) is 0 Å². The highest BCUT2D eigenvalue weighted by Crippen LogP contribution is 2.49. The molecular formula is C41H34N4. The van der Waals surface area contributed by atoms with Crippen LogP contribution in [-0.4, -0.2) is 19.1 Å². The van der Waals surface area contributed by atoms with Crippen molar-refractivity contribution in [2.24, 2.45) is 0 Å². The summed E-state index contributed by atoms with van der Waals surface area (Å²) in [7, 11) is 0. The third-order valence-corrected chi connectivity index (χ3v) is 9.95. The molecule has 5 heterocycles. The molecule has 4 nitrogen and oxygen atoms in total. The molecule has 0 radical (unpaired) electrons. The molecule has 1 aliphatic rings. The Morgan fingerprint density at radius 2 is 1.31 bits per heavy atom. The summed E-state index contributed by atoms with van der Waals surface area (Å²) in [5.74, 6) is 1.02. The maximum absolute atomic E-state index is 5.02. The van der Waals surface area contributed by atoms with Gasteiger partial charge in [-0.2, -0.15) is 0 Å². The molecule has 4 aromatic heterocycles. The maximum atomic E-state index is 5.02. The van der Waals surface area contributed by atoms with Gasteiger partial charge in [0.15, 0.2) is 0 Å². The molecule has 0 aliphatic carbocycles. The topological polar surface area (TPSA) is 35.6 Å². The molecule has 0 atom stereocenters. The van der Waals surface area contributed by atoms with Crippen LogP contribution in [0.5, 0.6) is 0 Å². The number of para-hydroxylation sites is 1. The van der Waals surface area contributed by atoms with Crippen molar-refractivity contribution in [2.45, 2.75) is 45.4 Å². The van der Waals surface area contributed by atoms with E-state index in [4.69, 9.17) is 4.98 Å². The molecule has 0 saturated carbocycles. The van der Waals surface area contributed by atoms with Crippen molar-refractivity contribution in [3.05, 3.63) is 132 Å².